The summed E-state index contributed by atoms with van der Waals surface area (Å²) in [5, 5.41) is -0.0407. The summed E-state index contributed by atoms with van der Waals surface area (Å²) in [7, 11) is -0.718. The minimum Gasteiger partial charge on any atom is -0.469 e. The van der Waals surface area contributed by atoms with Crippen molar-refractivity contribution in [2.24, 2.45) is 0 Å². The van der Waals surface area contributed by atoms with Crippen LogP contribution in [0.1, 0.15) is 33.1 Å². The molecule has 0 radical (unpaired) electrons. The van der Waals surface area contributed by atoms with Crippen LogP contribution in [-0.4, -0.2) is 26.2 Å². The maximum Gasteiger partial charge on any atom is 0.305 e. The zero-order valence-corrected chi connectivity index (χ0v) is 10.9. The number of esters is 1. The van der Waals surface area contributed by atoms with E-state index in [0.717, 1.165) is 12.8 Å². The van der Waals surface area contributed by atoms with E-state index in [2.05, 4.69) is 18.6 Å². The van der Waals surface area contributed by atoms with Crippen LogP contribution in [0.5, 0.6) is 0 Å². The second-order valence-corrected chi connectivity index (χ2v) is 9.34. The van der Waals surface area contributed by atoms with E-state index in [9.17, 15) is 9.59 Å². The van der Waals surface area contributed by atoms with Gasteiger partial charge >= 0.3 is 5.97 Å². The van der Waals surface area contributed by atoms with Crippen LogP contribution in [0.25, 0.3) is 0 Å². The summed E-state index contributed by atoms with van der Waals surface area (Å²) >= 11 is 0. The Labute approximate surface area is 87.6 Å². The van der Waals surface area contributed by atoms with Crippen molar-refractivity contribution >= 4 is 14.3 Å². The highest BCUT2D eigenvalue weighted by atomic mass is 28.4. The third-order valence-corrected chi connectivity index (χ3v) is 6.63. The van der Waals surface area contributed by atoms with Gasteiger partial charge in [0.05, 0.1) is 7.11 Å². The van der Waals surface area contributed by atoms with E-state index in [-0.39, 0.29) is 11.0 Å². The van der Waals surface area contributed by atoms with Crippen LogP contribution >= 0.6 is 0 Å². The number of rotatable bonds is 5. The molecule has 0 atom stereocenters. The highest BCUT2D eigenvalue weighted by Crippen LogP contribution is 2.39. The predicted molar refractivity (Wildman–Crippen MR) is 59.6 cm³/mol. The van der Waals surface area contributed by atoms with E-state index >= 15 is 0 Å². The molecule has 0 aromatic heterocycles. The number of ether oxygens (including phenoxy) is 1. The van der Waals surface area contributed by atoms with E-state index < -0.39 is 8.32 Å². The van der Waals surface area contributed by atoms with Gasteiger partial charge in [-0.2, -0.15) is 0 Å². The molecule has 0 rings (SSSR count). The summed E-state index contributed by atoms with van der Waals surface area (Å²) in [5.41, 5.74) is 0. The SMILES string of the molecule is COC(=O)CCCC(C)(C)[Si](C)(C)O. The summed E-state index contributed by atoms with van der Waals surface area (Å²) in [6, 6.07) is 0. The number of carbonyl (C=O) groups excluding carboxylic acids is 1. The minimum absolute atomic E-state index is 0.0407. The molecule has 84 valence electrons. The van der Waals surface area contributed by atoms with Crippen LogP contribution in [0.3, 0.4) is 0 Å². The van der Waals surface area contributed by atoms with Gasteiger partial charge in [-0.25, -0.2) is 0 Å². The van der Waals surface area contributed by atoms with Gasteiger partial charge in [0, 0.05) is 6.42 Å². The van der Waals surface area contributed by atoms with E-state index in [0.29, 0.717) is 6.42 Å². The van der Waals surface area contributed by atoms with Crippen LogP contribution < -0.4 is 0 Å². The molecule has 0 aromatic rings. The molecule has 0 heterocycles. The first-order valence-electron chi connectivity index (χ1n) is 5.00. The topological polar surface area (TPSA) is 46.5 Å². The lowest BCUT2D eigenvalue weighted by molar-refractivity contribution is -0.140. The summed E-state index contributed by atoms with van der Waals surface area (Å²) in [6.45, 7) is 8.00. The monoisotopic (exact) mass is 218 g/mol. The summed E-state index contributed by atoms with van der Waals surface area (Å²) in [6.07, 6.45) is 2.11. The molecular formula is C10H22O3Si. The van der Waals surface area contributed by atoms with E-state index in [1.165, 1.54) is 7.11 Å². The van der Waals surface area contributed by atoms with Crippen molar-refractivity contribution in [1.29, 1.82) is 0 Å². The fraction of sp³-hybridized carbons (Fsp3) is 0.900. The van der Waals surface area contributed by atoms with E-state index in [4.69, 9.17) is 0 Å². The second-order valence-electron chi connectivity index (χ2n) is 4.87. The highest BCUT2D eigenvalue weighted by molar-refractivity contribution is 6.72. The van der Waals surface area contributed by atoms with Gasteiger partial charge in [0.15, 0.2) is 8.32 Å². The first-order chi connectivity index (χ1) is 6.20. The summed E-state index contributed by atoms with van der Waals surface area (Å²) < 4.78 is 4.56. The molecular weight excluding hydrogens is 196 g/mol. The van der Waals surface area contributed by atoms with Gasteiger partial charge in [-0.3, -0.25) is 4.79 Å². The van der Waals surface area contributed by atoms with Gasteiger partial charge in [0.25, 0.3) is 0 Å². The van der Waals surface area contributed by atoms with Crippen molar-refractivity contribution in [1.82, 2.24) is 0 Å². The molecule has 0 aliphatic rings. The Hall–Kier alpha value is -0.353. The Morgan fingerprint density at radius 2 is 1.93 bits per heavy atom. The molecule has 0 fully saturated rings. The van der Waals surface area contributed by atoms with Gasteiger partial charge in [-0.05, 0) is 31.0 Å². The minimum atomic E-state index is -2.12. The molecule has 0 aliphatic carbocycles. The first-order valence-corrected chi connectivity index (χ1v) is 7.94. The molecule has 0 bridgehead atoms. The molecule has 0 aliphatic heterocycles. The quantitative estimate of drug-likeness (QED) is 0.569. The molecule has 14 heavy (non-hydrogen) atoms. The number of carbonyl (C=O) groups is 1. The Morgan fingerprint density at radius 3 is 2.29 bits per heavy atom. The van der Waals surface area contributed by atoms with Crippen molar-refractivity contribution in [2.75, 3.05) is 7.11 Å². The third-order valence-electron chi connectivity index (χ3n) is 3.07. The van der Waals surface area contributed by atoms with Gasteiger partial charge in [-0.15, -0.1) is 0 Å². The van der Waals surface area contributed by atoms with Gasteiger partial charge < -0.3 is 9.53 Å². The molecule has 0 saturated heterocycles. The lowest BCUT2D eigenvalue weighted by Crippen LogP contribution is -2.38. The Morgan fingerprint density at radius 1 is 1.43 bits per heavy atom. The van der Waals surface area contributed by atoms with Gasteiger partial charge in [-0.1, -0.05) is 13.8 Å². The number of methoxy groups -OCH3 is 1. The molecule has 0 unspecified atom stereocenters. The zero-order valence-electron chi connectivity index (χ0n) is 9.89. The maximum atomic E-state index is 10.9. The van der Waals surface area contributed by atoms with Crippen LogP contribution in [0.2, 0.25) is 18.1 Å². The van der Waals surface area contributed by atoms with Crippen LogP contribution in [-0.2, 0) is 9.53 Å². The zero-order chi connectivity index (χ0) is 11.4. The lowest BCUT2D eigenvalue weighted by atomic mass is 10.1. The molecule has 4 heteroatoms. The van der Waals surface area contributed by atoms with E-state index in [1.807, 2.05) is 13.1 Å². The third kappa shape index (κ3) is 4.24. The van der Waals surface area contributed by atoms with E-state index in [1.54, 1.807) is 0 Å². The average molecular weight is 218 g/mol. The molecule has 0 saturated carbocycles. The average Bonchev–Trinajstić information content (AvgIpc) is 2.01. The van der Waals surface area contributed by atoms with Crippen molar-refractivity contribution in [3.63, 3.8) is 0 Å². The number of hydrogen-bond donors (Lipinski definition) is 1. The summed E-state index contributed by atoms with van der Waals surface area (Å²) in [5.74, 6) is -0.168. The molecule has 0 amide bonds. The summed E-state index contributed by atoms with van der Waals surface area (Å²) in [4.78, 5) is 20.9. The van der Waals surface area contributed by atoms with Crippen molar-refractivity contribution in [2.45, 2.75) is 51.2 Å². The largest absolute Gasteiger partial charge is 0.469 e. The molecule has 1 N–H and O–H groups in total. The first kappa shape index (κ1) is 13.6. The molecule has 0 aromatic carbocycles. The smallest absolute Gasteiger partial charge is 0.305 e. The Kier molecular flexibility index (Phi) is 4.81. The Balaban J connectivity index is 3.95. The van der Waals surface area contributed by atoms with Crippen LogP contribution in [0.15, 0.2) is 0 Å². The van der Waals surface area contributed by atoms with Crippen LogP contribution in [0.4, 0.5) is 0 Å². The highest BCUT2D eigenvalue weighted by Gasteiger charge is 2.37. The van der Waals surface area contributed by atoms with Crippen LogP contribution in [0, 0.1) is 0 Å². The molecule has 3 nitrogen and oxygen atoms in total. The van der Waals surface area contributed by atoms with Gasteiger partial charge in [0.1, 0.15) is 0 Å². The van der Waals surface area contributed by atoms with Crippen molar-refractivity contribution in [3.05, 3.63) is 0 Å². The van der Waals surface area contributed by atoms with Crippen molar-refractivity contribution < 1.29 is 14.3 Å². The lowest BCUT2D eigenvalue weighted by Gasteiger charge is -2.34. The standard InChI is InChI=1S/C10H22O3Si/c1-10(2,14(4,5)12)8-6-7-9(11)13-3/h12H,6-8H2,1-5H3. The Bertz CT molecular complexity index is 194. The van der Waals surface area contributed by atoms with Gasteiger partial charge in [0.2, 0.25) is 0 Å². The maximum absolute atomic E-state index is 10.9. The fourth-order valence-electron chi connectivity index (χ4n) is 1.08. The van der Waals surface area contributed by atoms with Crippen molar-refractivity contribution in [3.8, 4) is 0 Å². The molecule has 0 spiro atoms. The second kappa shape index (κ2) is 4.93. The predicted octanol–water partition coefficient (Wildman–Crippen LogP) is 2.31. The normalized spacial score (nSPS) is 12.7. The fourth-order valence-corrected chi connectivity index (χ4v) is 1.87. The number of hydrogen-bond acceptors (Lipinski definition) is 3.